The first-order valence-corrected chi connectivity index (χ1v) is 15.1. The first-order chi connectivity index (χ1) is 18.8. The van der Waals surface area contributed by atoms with Crippen LogP contribution in [0.5, 0.6) is 0 Å². The molecule has 2 N–H and O–H groups in total. The van der Waals surface area contributed by atoms with Crippen LogP contribution in [-0.4, -0.2) is 89.2 Å². The molecule has 3 aromatic rings. The van der Waals surface area contributed by atoms with Gasteiger partial charge in [-0.25, -0.2) is 23.1 Å². The van der Waals surface area contributed by atoms with Crippen LogP contribution in [-0.2, 0) is 14.8 Å². The Morgan fingerprint density at radius 2 is 1.95 bits per heavy atom. The number of rotatable bonds is 4. The molecule has 7 heterocycles. The Kier molecular flexibility index (Phi) is 6.89. The number of sulfonamides is 1. The van der Waals surface area contributed by atoms with Crippen LogP contribution in [0.15, 0.2) is 36.7 Å². The summed E-state index contributed by atoms with van der Waals surface area (Å²) in [4.78, 5) is 13.7. The maximum Gasteiger partial charge on any atom is 0.234 e. The Morgan fingerprint density at radius 3 is 2.74 bits per heavy atom. The highest BCUT2D eigenvalue weighted by molar-refractivity contribution is 7.92. The average molecular weight is 555 g/mol. The lowest BCUT2D eigenvalue weighted by Crippen LogP contribution is -2.48. The summed E-state index contributed by atoms with van der Waals surface area (Å²) in [7, 11) is -3.67. The maximum atomic E-state index is 12.4. The Balaban J connectivity index is 1.37. The molecule has 39 heavy (non-hydrogen) atoms. The highest BCUT2D eigenvalue weighted by atomic mass is 32.2. The fourth-order valence-corrected chi connectivity index (χ4v) is 6.33. The summed E-state index contributed by atoms with van der Waals surface area (Å²) in [5.41, 5.74) is 3.18. The zero-order valence-corrected chi connectivity index (χ0v) is 22.8. The summed E-state index contributed by atoms with van der Waals surface area (Å²) in [6.45, 7) is 5.88. The number of aromatic nitrogens is 5. The molecule has 13 heteroatoms. The molecule has 0 spiro atoms. The van der Waals surface area contributed by atoms with Gasteiger partial charge in [0.05, 0.1) is 46.9 Å². The van der Waals surface area contributed by atoms with Crippen LogP contribution < -0.4 is 14.5 Å². The fraction of sp³-hybridized carbons (Fsp3) is 0.538. The zero-order chi connectivity index (χ0) is 27.0. The van der Waals surface area contributed by atoms with Gasteiger partial charge in [0.15, 0.2) is 0 Å². The third-order valence-electron chi connectivity index (χ3n) is 7.86. The van der Waals surface area contributed by atoms with E-state index in [9.17, 15) is 8.42 Å². The predicted octanol–water partition coefficient (Wildman–Crippen LogP) is 2.06. The number of nitrogens with zero attached hydrogens (tertiary/aromatic N) is 7. The monoisotopic (exact) mass is 554 g/mol. The molecule has 208 valence electrons. The van der Waals surface area contributed by atoms with Gasteiger partial charge < -0.3 is 19.6 Å². The molecule has 0 atom stereocenters. The zero-order valence-electron chi connectivity index (χ0n) is 22.0. The number of ether oxygens (including phenoxy) is 1. The van der Waals surface area contributed by atoms with Gasteiger partial charge in [0.1, 0.15) is 5.69 Å². The lowest BCUT2D eigenvalue weighted by Gasteiger charge is -2.41. The van der Waals surface area contributed by atoms with Gasteiger partial charge >= 0.3 is 0 Å². The number of fused-ring (bicyclic) bond motifs is 1. The van der Waals surface area contributed by atoms with E-state index in [1.165, 1.54) is 0 Å². The summed E-state index contributed by atoms with van der Waals surface area (Å²) in [6.07, 6.45) is 7.45. The number of nitrogens with one attached hydrogen (secondary N) is 1. The minimum Gasteiger partial charge on any atom is -0.395 e. The fourth-order valence-electron chi connectivity index (χ4n) is 5.50. The molecule has 2 saturated heterocycles. The van der Waals surface area contributed by atoms with Crippen molar-refractivity contribution in [3.63, 3.8) is 0 Å². The van der Waals surface area contributed by atoms with Crippen molar-refractivity contribution in [3.8, 4) is 17.1 Å². The van der Waals surface area contributed by atoms with Crippen molar-refractivity contribution >= 4 is 27.3 Å². The van der Waals surface area contributed by atoms with Crippen molar-refractivity contribution in [3.05, 3.63) is 36.7 Å². The molecule has 0 saturated carbocycles. The molecular weight excluding hydrogens is 520 g/mol. The van der Waals surface area contributed by atoms with E-state index in [1.807, 2.05) is 24.4 Å². The molecule has 2 aromatic heterocycles. The van der Waals surface area contributed by atoms with Gasteiger partial charge in [0.2, 0.25) is 16.0 Å². The van der Waals surface area contributed by atoms with Crippen LogP contribution in [0, 0.1) is 5.92 Å². The molecule has 8 rings (SSSR count). The topological polar surface area (TPSA) is 139 Å². The summed E-state index contributed by atoms with van der Waals surface area (Å²) in [5.74, 6) is 0.955. The third kappa shape index (κ3) is 5.56. The largest absolute Gasteiger partial charge is 0.395 e. The van der Waals surface area contributed by atoms with Crippen molar-refractivity contribution in [2.24, 2.45) is 5.92 Å². The second-order valence-corrected chi connectivity index (χ2v) is 12.7. The number of hydrogen-bond donors (Lipinski definition) is 2. The van der Waals surface area contributed by atoms with Gasteiger partial charge in [-0.05, 0) is 62.8 Å². The van der Waals surface area contributed by atoms with E-state index in [4.69, 9.17) is 14.8 Å². The number of aliphatic hydroxyl groups is 1. The van der Waals surface area contributed by atoms with E-state index in [0.29, 0.717) is 28.9 Å². The molecule has 8 bridgehead atoms. The van der Waals surface area contributed by atoms with Crippen molar-refractivity contribution in [2.75, 3.05) is 59.7 Å². The molecule has 0 unspecified atom stereocenters. The molecule has 0 aliphatic carbocycles. The van der Waals surface area contributed by atoms with E-state index >= 15 is 0 Å². The molecule has 0 amide bonds. The third-order valence-corrected chi connectivity index (χ3v) is 9.13. The summed E-state index contributed by atoms with van der Waals surface area (Å²) in [6, 6.07) is 7.19. The lowest BCUT2D eigenvalue weighted by atomic mass is 9.92. The second-order valence-electron chi connectivity index (χ2n) is 10.8. The van der Waals surface area contributed by atoms with Crippen molar-refractivity contribution in [1.82, 2.24) is 25.0 Å². The minimum absolute atomic E-state index is 0.195. The summed E-state index contributed by atoms with van der Waals surface area (Å²) in [5, 5.41) is 17.9. The Hall–Kier alpha value is -3.29. The standard InChI is InChI=1S/C26H34N8O4S/c1-26-7-10-32(11-8-26)24-15-20(30-39(36,37)14-12-35)4-5-23(24)34-18-22(29-31-34)21-6-9-27-25(28-21)33-16-19(17-33)3-2-13-38-26/h4-6,9,15,18-19,30,35H,2-3,7-8,10-14,16-17H2,1H3. The summed E-state index contributed by atoms with van der Waals surface area (Å²) < 4.78 is 35.4. The maximum absolute atomic E-state index is 12.4. The molecule has 1 aromatic carbocycles. The van der Waals surface area contributed by atoms with Crippen LogP contribution in [0.25, 0.3) is 17.1 Å². The quantitative estimate of drug-likeness (QED) is 0.493. The Bertz CT molecular complexity index is 1430. The first kappa shape index (κ1) is 26.0. The van der Waals surface area contributed by atoms with Gasteiger partial charge in [-0.15, -0.1) is 5.10 Å². The first-order valence-electron chi connectivity index (χ1n) is 13.5. The van der Waals surface area contributed by atoms with E-state index in [0.717, 1.165) is 69.8 Å². The van der Waals surface area contributed by atoms with Gasteiger partial charge in [-0.1, -0.05) is 5.21 Å². The SMILES string of the molecule is CC12CCN(CC1)c1cc(NS(=O)(=O)CCO)ccc1-n1cc(nn1)-c1ccnc(n1)N1CC(CCCO2)C1. The van der Waals surface area contributed by atoms with Crippen molar-refractivity contribution < 1.29 is 18.3 Å². The van der Waals surface area contributed by atoms with Gasteiger partial charge in [-0.3, -0.25) is 4.72 Å². The second kappa shape index (κ2) is 10.4. The smallest absolute Gasteiger partial charge is 0.234 e. The van der Waals surface area contributed by atoms with Crippen LogP contribution in [0.3, 0.4) is 0 Å². The molecule has 2 fully saturated rings. The van der Waals surface area contributed by atoms with E-state index in [2.05, 4.69) is 36.7 Å². The molecular formula is C26H34N8O4S. The number of anilines is 3. The Morgan fingerprint density at radius 1 is 1.13 bits per heavy atom. The van der Waals surface area contributed by atoms with Gasteiger partial charge in [0, 0.05) is 39.0 Å². The van der Waals surface area contributed by atoms with Crippen LogP contribution in [0.1, 0.15) is 32.6 Å². The minimum atomic E-state index is -3.67. The normalized spacial score (nSPS) is 23.3. The lowest BCUT2D eigenvalue weighted by molar-refractivity contribution is -0.0501. The van der Waals surface area contributed by atoms with E-state index < -0.39 is 16.6 Å². The van der Waals surface area contributed by atoms with E-state index in [1.54, 1.807) is 16.9 Å². The number of aliphatic hydroxyl groups excluding tert-OH is 1. The number of piperidine rings is 1. The Labute approximate surface area is 228 Å². The summed E-state index contributed by atoms with van der Waals surface area (Å²) >= 11 is 0. The molecule has 5 aliphatic rings. The number of benzene rings is 1. The van der Waals surface area contributed by atoms with Crippen LogP contribution >= 0.6 is 0 Å². The van der Waals surface area contributed by atoms with Gasteiger partial charge in [-0.2, -0.15) is 0 Å². The van der Waals surface area contributed by atoms with Crippen LogP contribution in [0.2, 0.25) is 0 Å². The van der Waals surface area contributed by atoms with E-state index in [-0.39, 0.29) is 11.4 Å². The predicted molar refractivity (Wildman–Crippen MR) is 148 cm³/mol. The van der Waals surface area contributed by atoms with Crippen LogP contribution in [0.4, 0.5) is 17.3 Å². The highest BCUT2D eigenvalue weighted by Crippen LogP contribution is 2.35. The molecule has 0 radical (unpaired) electrons. The highest BCUT2D eigenvalue weighted by Gasteiger charge is 2.33. The van der Waals surface area contributed by atoms with Crippen molar-refractivity contribution in [2.45, 2.75) is 38.2 Å². The average Bonchev–Trinajstić information content (AvgIpc) is 3.37. The number of hydrogen-bond acceptors (Lipinski definition) is 10. The molecule has 12 nitrogen and oxygen atoms in total. The van der Waals surface area contributed by atoms with Crippen molar-refractivity contribution in [1.29, 1.82) is 0 Å². The van der Waals surface area contributed by atoms with Gasteiger partial charge in [0.25, 0.3) is 0 Å². The molecule has 5 aliphatic heterocycles.